The first-order valence-corrected chi connectivity index (χ1v) is 3.05. The van der Waals surface area contributed by atoms with Gasteiger partial charge >= 0.3 is 0 Å². The number of nitrogens with one attached hydrogen (secondary N) is 1. The topological polar surface area (TPSA) is 12.0 Å². The van der Waals surface area contributed by atoms with Crippen molar-refractivity contribution < 1.29 is 0 Å². The molecule has 0 atom stereocenters. The molecular formula is C4H8ClNS. The number of rotatable bonds is 0. The van der Waals surface area contributed by atoms with Crippen LogP contribution in [0.3, 0.4) is 0 Å². The van der Waals surface area contributed by atoms with Gasteiger partial charge < -0.3 is 5.32 Å². The summed E-state index contributed by atoms with van der Waals surface area (Å²) >= 11 is 1.85. The van der Waals surface area contributed by atoms with Crippen molar-refractivity contribution in [3.05, 3.63) is 11.6 Å². The summed E-state index contributed by atoms with van der Waals surface area (Å²) in [5.74, 6) is 1.22. The standard InChI is InChI=1S/C4H7NS.ClH/c1-3-6-4-2-5-1;/h1,3,5H,2,4H2;1H. The number of halogens is 1. The summed E-state index contributed by atoms with van der Waals surface area (Å²) < 4.78 is 0. The lowest BCUT2D eigenvalue weighted by Crippen LogP contribution is -2.11. The molecule has 1 heterocycles. The fourth-order valence-electron chi connectivity index (χ4n) is 0.365. The van der Waals surface area contributed by atoms with Crippen LogP contribution in [-0.4, -0.2) is 12.3 Å². The summed E-state index contributed by atoms with van der Waals surface area (Å²) in [4.78, 5) is 0. The summed E-state index contributed by atoms with van der Waals surface area (Å²) in [6.07, 6.45) is 1.98. The fraction of sp³-hybridized carbons (Fsp3) is 0.500. The van der Waals surface area contributed by atoms with E-state index in [0.29, 0.717) is 0 Å². The first-order chi connectivity index (χ1) is 3.00. The molecule has 42 valence electrons. The van der Waals surface area contributed by atoms with Crippen LogP contribution in [0.2, 0.25) is 0 Å². The Labute approximate surface area is 54.0 Å². The van der Waals surface area contributed by atoms with Crippen LogP contribution in [0, 0.1) is 0 Å². The van der Waals surface area contributed by atoms with Gasteiger partial charge in [0.1, 0.15) is 0 Å². The third-order valence-electron chi connectivity index (χ3n) is 0.646. The predicted octanol–water partition coefficient (Wildman–Crippen LogP) is 1.22. The third kappa shape index (κ3) is 2.83. The minimum atomic E-state index is 0. The second-order valence-corrected chi connectivity index (χ2v) is 2.14. The van der Waals surface area contributed by atoms with Crippen molar-refractivity contribution in [1.29, 1.82) is 0 Å². The molecule has 0 saturated carbocycles. The van der Waals surface area contributed by atoms with Crippen LogP contribution < -0.4 is 5.32 Å². The average molecular weight is 138 g/mol. The molecule has 0 amide bonds. The lowest BCUT2D eigenvalue weighted by molar-refractivity contribution is 0.924. The maximum atomic E-state index is 3.08. The summed E-state index contributed by atoms with van der Waals surface area (Å²) in [6, 6.07) is 0. The Morgan fingerprint density at radius 3 is 2.57 bits per heavy atom. The van der Waals surface area contributed by atoms with Crippen molar-refractivity contribution in [2.75, 3.05) is 12.3 Å². The number of thioether (sulfide) groups is 1. The lowest BCUT2D eigenvalue weighted by Gasteiger charge is -2.01. The van der Waals surface area contributed by atoms with Crippen molar-refractivity contribution in [2.45, 2.75) is 0 Å². The van der Waals surface area contributed by atoms with Gasteiger partial charge in [-0.2, -0.15) is 0 Å². The Hall–Kier alpha value is 0.180. The number of hydrogen-bond donors (Lipinski definition) is 1. The molecule has 3 heteroatoms. The van der Waals surface area contributed by atoms with Crippen LogP contribution in [0.25, 0.3) is 0 Å². The SMILES string of the molecule is C1=CSCCN1.Cl. The van der Waals surface area contributed by atoms with Crippen molar-refractivity contribution >= 4 is 24.2 Å². The van der Waals surface area contributed by atoms with Crippen molar-refractivity contribution in [2.24, 2.45) is 0 Å². The lowest BCUT2D eigenvalue weighted by atomic mass is 10.7. The minimum absolute atomic E-state index is 0. The third-order valence-corrected chi connectivity index (χ3v) is 1.41. The van der Waals surface area contributed by atoms with Gasteiger partial charge in [0.25, 0.3) is 0 Å². The Kier molecular flexibility index (Phi) is 4.45. The van der Waals surface area contributed by atoms with Gasteiger partial charge in [-0.15, -0.1) is 24.2 Å². The van der Waals surface area contributed by atoms with Gasteiger partial charge in [0.2, 0.25) is 0 Å². The van der Waals surface area contributed by atoms with Gasteiger partial charge in [-0.1, -0.05) is 0 Å². The fourth-order valence-corrected chi connectivity index (χ4v) is 0.930. The van der Waals surface area contributed by atoms with Gasteiger partial charge in [0.05, 0.1) is 0 Å². The quantitative estimate of drug-likeness (QED) is 0.539. The van der Waals surface area contributed by atoms with E-state index in [4.69, 9.17) is 0 Å². The van der Waals surface area contributed by atoms with E-state index in [2.05, 4.69) is 10.7 Å². The van der Waals surface area contributed by atoms with E-state index in [1.54, 1.807) is 0 Å². The summed E-state index contributed by atoms with van der Waals surface area (Å²) in [5.41, 5.74) is 0. The zero-order valence-electron chi connectivity index (χ0n) is 3.89. The van der Waals surface area contributed by atoms with Crippen LogP contribution >= 0.6 is 24.2 Å². The van der Waals surface area contributed by atoms with Gasteiger partial charge in [-0.3, -0.25) is 0 Å². The van der Waals surface area contributed by atoms with E-state index in [9.17, 15) is 0 Å². The van der Waals surface area contributed by atoms with E-state index in [1.807, 2.05) is 18.0 Å². The zero-order valence-corrected chi connectivity index (χ0v) is 5.52. The van der Waals surface area contributed by atoms with E-state index >= 15 is 0 Å². The highest BCUT2D eigenvalue weighted by molar-refractivity contribution is 8.02. The van der Waals surface area contributed by atoms with E-state index in [-0.39, 0.29) is 12.4 Å². The monoisotopic (exact) mass is 137 g/mol. The molecule has 0 aliphatic carbocycles. The molecule has 0 fully saturated rings. The van der Waals surface area contributed by atoms with Crippen LogP contribution in [-0.2, 0) is 0 Å². The predicted molar refractivity (Wildman–Crippen MR) is 36.8 cm³/mol. The molecule has 0 aromatic heterocycles. The molecule has 1 aliphatic rings. The Balaban J connectivity index is 0.000000360. The van der Waals surface area contributed by atoms with Crippen LogP contribution in [0.5, 0.6) is 0 Å². The molecule has 0 bridgehead atoms. The summed E-state index contributed by atoms with van der Waals surface area (Å²) in [6.45, 7) is 1.13. The normalized spacial score (nSPS) is 17.1. The van der Waals surface area contributed by atoms with E-state index in [1.165, 1.54) is 5.75 Å². The Morgan fingerprint density at radius 2 is 2.43 bits per heavy atom. The molecule has 7 heavy (non-hydrogen) atoms. The largest absolute Gasteiger partial charge is 0.390 e. The Morgan fingerprint density at radius 1 is 1.57 bits per heavy atom. The molecule has 1 rings (SSSR count). The highest BCUT2D eigenvalue weighted by atomic mass is 35.5. The first-order valence-electron chi connectivity index (χ1n) is 2.00. The van der Waals surface area contributed by atoms with Crippen LogP contribution in [0.15, 0.2) is 11.6 Å². The molecule has 0 radical (unpaired) electrons. The maximum Gasteiger partial charge on any atom is 0.0235 e. The second kappa shape index (κ2) is 4.34. The highest BCUT2D eigenvalue weighted by Gasteiger charge is 1.85. The van der Waals surface area contributed by atoms with E-state index < -0.39 is 0 Å². The van der Waals surface area contributed by atoms with Gasteiger partial charge in [-0.05, 0) is 5.41 Å². The van der Waals surface area contributed by atoms with Crippen LogP contribution in [0.4, 0.5) is 0 Å². The molecule has 0 aromatic carbocycles. The van der Waals surface area contributed by atoms with Crippen molar-refractivity contribution in [1.82, 2.24) is 5.32 Å². The zero-order chi connectivity index (χ0) is 4.24. The van der Waals surface area contributed by atoms with Gasteiger partial charge in [0, 0.05) is 18.5 Å². The molecule has 0 unspecified atom stereocenters. The maximum absolute atomic E-state index is 3.08. The molecule has 0 aromatic rings. The van der Waals surface area contributed by atoms with Crippen molar-refractivity contribution in [3.8, 4) is 0 Å². The molecular weight excluding hydrogens is 130 g/mol. The van der Waals surface area contributed by atoms with Gasteiger partial charge in [0.15, 0.2) is 0 Å². The molecule has 0 saturated heterocycles. The second-order valence-electron chi connectivity index (χ2n) is 1.13. The molecule has 1 nitrogen and oxygen atoms in total. The van der Waals surface area contributed by atoms with Gasteiger partial charge in [-0.25, -0.2) is 0 Å². The Bertz CT molecular complexity index is 56.7. The summed E-state index contributed by atoms with van der Waals surface area (Å²) in [7, 11) is 0. The molecule has 0 spiro atoms. The summed E-state index contributed by atoms with van der Waals surface area (Å²) in [5, 5.41) is 5.16. The molecule has 1 N–H and O–H groups in total. The average Bonchev–Trinajstić information content (AvgIpc) is 1.72. The highest BCUT2D eigenvalue weighted by Crippen LogP contribution is 2.01. The first kappa shape index (κ1) is 7.18. The smallest absolute Gasteiger partial charge is 0.0235 e. The molecule has 1 aliphatic heterocycles. The number of hydrogen-bond acceptors (Lipinski definition) is 2. The van der Waals surface area contributed by atoms with E-state index in [0.717, 1.165) is 6.54 Å². The van der Waals surface area contributed by atoms with Crippen molar-refractivity contribution in [3.63, 3.8) is 0 Å². The minimum Gasteiger partial charge on any atom is -0.390 e. The van der Waals surface area contributed by atoms with Crippen LogP contribution in [0.1, 0.15) is 0 Å².